The Bertz CT molecular complexity index is 1550. The summed E-state index contributed by atoms with van der Waals surface area (Å²) in [6.45, 7) is 0. The molecule has 0 aliphatic heterocycles. The zero-order valence-electron chi connectivity index (χ0n) is 19.7. The molecule has 1 aromatic carbocycles. The first-order valence-corrected chi connectivity index (χ1v) is 12.2. The lowest BCUT2D eigenvalue weighted by Gasteiger charge is -2.47. The number of pyridine rings is 1. The van der Waals surface area contributed by atoms with Gasteiger partial charge in [0.05, 0.1) is 12.1 Å². The third-order valence-electron chi connectivity index (χ3n) is 7.50. The van der Waals surface area contributed by atoms with Crippen molar-refractivity contribution in [3.63, 3.8) is 0 Å². The van der Waals surface area contributed by atoms with Crippen molar-refractivity contribution in [2.45, 2.75) is 31.7 Å². The van der Waals surface area contributed by atoms with Gasteiger partial charge in [-0.15, -0.1) is 0 Å². The number of anilines is 1. The van der Waals surface area contributed by atoms with Crippen LogP contribution in [-0.4, -0.2) is 37.1 Å². The highest BCUT2D eigenvalue weighted by atomic mass is 19.1. The zero-order chi connectivity index (χ0) is 25.5. The van der Waals surface area contributed by atoms with Crippen LogP contribution >= 0.6 is 0 Å². The highest BCUT2D eigenvalue weighted by Gasteiger charge is 2.47. The fraction of sp³-hybridized carbons (Fsp3) is 0.286. The van der Waals surface area contributed by atoms with E-state index in [1.807, 2.05) is 18.2 Å². The van der Waals surface area contributed by atoms with Gasteiger partial charge in [0.1, 0.15) is 11.5 Å². The Hall–Kier alpha value is -4.32. The van der Waals surface area contributed by atoms with Gasteiger partial charge in [0.2, 0.25) is 0 Å². The van der Waals surface area contributed by atoms with Gasteiger partial charge < -0.3 is 15.4 Å². The van der Waals surface area contributed by atoms with Crippen molar-refractivity contribution >= 4 is 22.8 Å². The maximum absolute atomic E-state index is 15.8. The number of rotatable bonds is 4. The number of nitrogens with zero attached hydrogens (tertiary/aromatic N) is 3. The van der Waals surface area contributed by atoms with Crippen LogP contribution in [0.25, 0.3) is 22.4 Å². The first-order chi connectivity index (χ1) is 18.0. The molecule has 2 unspecified atom stereocenters. The average Bonchev–Trinajstić information content (AvgIpc) is 3.33. The fourth-order valence-corrected chi connectivity index (χ4v) is 5.73. The third kappa shape index (κ3) is 4.29. The zero-order valence-corrected chi connectivity index (χ0v) is 19.7. The number of aromatic nitrogens is 4. The maximum Gasteiger partial charge on any atom is 0.308 e. The van der Waals surface area contributed by atoms with E-state index in [9.17, 15) is 14.3 Å². The van der Waals surface area contributed by atoms with Crippen LogP contribution in [0, 0.1) is 41.2 Å². The normalized spacial score (nSPS) is 22.4. The Morgan fingerprint density at radius 3 is 2.57 bits per heavy atom. The number of hydrogen-bond acceptors (Lipinski definition) is 5. The molecule has 3 fully saturated rings. The molecule has 0 saturated heterocycles. The fourth-order valence-electron chi connectivity index (χ4n) is 5.73. The summed E-state index contributed by atoms with van der Waals surface area (Å²) in [5, 5.41) is 13.5. The van der Waals surface area contributed by atoms with Crippen LogP contribution in [0.15, 0.2) is 48.8 Å². The predicted octanol–water partition coefficient (Wildman–Crippen LogP) is 5.00. The molecule has 3 saturated carbocycles. The largest absolute Gasteiger partial charge is 0.481 e. The van der Waals surface area contributed by atoms with Crippen molar-refractivity contribution in [2.24, 2.45) is 17.8 Å². The minimum Gasteiger partial charge on any atom is -0.481 e. The standard InChI is InChI=1S/C28H23F2N5O2/c29-18-12-19-20(14-32-25(19)31-13-18)26-33-21(11-6-15-4-2-1-3-5-15)23(30)27(35-26)34-24-17-9-7-16(8-10-17)22(24)28(36)37/h1-5,12-14,16-17,22,24H,7-10H2,(H,31,32)(H,36,37)(H,33,34,35). The van der Waals surface area contributed by atoms with Crippen LogP contribution in [-0.2, 0) is 4.79 Å². The lowest BCUT2D eigenvalue weighted by molar-refractivity contribution is -0.148. The molecule has 0 radical (unpaired) electrons. The second kappa shape index (κ2) is 9.28. The summed E-state index contributed by atoms with van der Waals surface area (Å²) in [5.74, 6) is 3.11. The number of carboxylic acids is 1. The SMILES string of the molecule is O=C(O)C1C2CCC(CC2)C1Nc1nc(-c2c[nH]c3ncc(F)cc23)nc(C#Cc2ccccc2)c1F. The lowest BCUT2D eigenvalue weighted by atomic mass is 9.61. The summed E-state index contributed by atoms with van der Waals surface area (Å²) in [6, 6.07) is 9.97. The Kier molecular flexibility index (Phi) is 5.80. The Labute approximate surface area is 211 Å². The molecule has 0 amide bonds. The topological polar surface area (TPSA) is 104 Å². The highest BCUT2D eigenvalue weighted by molar-refractivity contribution is 5.91. The molecule has 186 valence electrons. The molecule has 3 aliphatic carbocycles. The molecule has 0 spiro atoms. The predicted molar refractivity (Wildman–Crippen MR) is 133 cm³/mol. The number of carbonyl (C=O) groups is 1. The van der Waals surface area contributed by atoms with Gasteiger partial charge >= 0.3 is 5.97 Å². The number of carboxylic acid groups (broad SMARTS) is 1. The highest BCUT2D eigenvalue weighted by Crippen LogP contribution is 2.46. The number of aliphatic carboxylic acids is 1. The Morgan fingerprint density at radius 2 is 1.81 bits per heavy atom. The number of aromatic amines is 1. The van der Waals surface area contributed by atoms with Crippen LogP contribution in [0.5, 0.6) is 0 Å². The summed E-state index contributed by atoms with van der Waals surface area (Å²) in [7, 11) is 0. The van der Waals surface area contributed by atoms with Gasteiger partial charge in [-0.2, -0.15) is 4.39 Å². The number of H-pyrrole nitrogens is 1. The average molecular weight is 500 g/mol. The maximum atomic E-state index is 15.8. The monoisotopic (exact) mass is 499 g/mol. The van der Waals surface area contributed by atoms with Gasteiger partial charge in [-0.3, -0.25) is 4.79 Å². The van der Waals surface area contributed by atoms with E-state index >= 15 is 4.39 Å². The molecule has 2 bridgehead atoms. The molecule has 4 aromatic rings. The second-order valence-corrected chi connectivity index (χ2v) is 9.64. The van der Waals surface area contributed by atoms with Crippen molar-refractivity contribution in [2.75, 3.05) is 5.32 Å². The van der Waals surface area contributed by atoms with E-state index in [2.05, 4.69) is 37.1 Å². The van der Waals surface area contributed by atoms with Gasteiger partial charge in [-0.05, 0) is 61.6 Å². The molecule has 3 aromatic heterocycles. The molecule has 3 heterocycles. The van der Waals surface area contributed by atoms with E-state index < -0.39 is 29.6 Å². The summed E-state index contributed by atoms with van der Waals surface area (Å²) >= 11 is 0. The van der Waals surface area contributed by atoms with E-state index in [0.29, 0.717) is 22.2 Å². The summed E-state index contributed by atoms with van der Waals surface area (Å²) in [5.41, 5.74) is 1.42. The van der Waals surface area contributed by atoms with Crippen molar-refractivity contribution in [1.29, 1.82) is 0 Å². The van der Waals surface area contributed by atoms with E-state index in [1.54, 1.807) is 18.3 Å². The van der Waals surface area contributed by atoms with E-state index in [0.717, 1.165) is 31.9 Å². The number of benzene rings is 1. The minimum atomic E-state index is -0.885. The first-order valence-electron chi connectivity index (χ1n) is 12.2. The molecule has 7 nitrogen and oxygen atoms in total. The van der Waals surface area contributed by atoms with E-state index in [4.69, 9.17) is 0 Å². The van der Waals surface area contributed by atoms with E-state index in [-0.39, 0.29) is 29.2 Å². The molecule has 7 rings (SSSR count). The van der Waals surface area contributed by atoms with Gasteiger partial charge in [-0.1, -0.05) is 24.1 Å². The van der Waals surface area contributed by atoms with Crippen molar-refractivity contribution in [3.05, 3.63) is 71.7 Å². The Balaban J connectivity index is 1.47. The van der Waals surface area contributed by atoms with E-state index in [1.165, 1.54) is 6.07 Å². The van der Waals surface area contributed by atoms with Gasteiger partial charge in [0.15, 0.2) is 23.2 Å². The molecular weight excluding hydrogens is 476 g/mol. The lowest BCUT2D eigenvalue weighted by Crippen LogP contribution is -2.51. The smallest absolute Gasteiger partial charge is 0.308 e. The number of halogens is 2. The molecular formula is C28H23F2N5O2. The summed E-state index contributed by atoms with van der Waals surface area (Å²) in [6.07, 6.45) is 6.19. The molecule has 37 heavy (non-hydrogen) atoms. The molecule has 3 N–H and O–H groups in total. The molecule has 3 aliphatic rings. The first kappa shape index (κ1) is 23.1. The second-order valence-electron chi connectivity index (χ2n) is 9.64. The number of nitrogens with one attached hydrogen (secondary N) is 2. The summed E-state index contributed by atoms with van der Waals surface area (Å²) in [4.78, 5) is 28.0. The van der Waals surface area contributed by atoms with Crippen molar-refractivity contribution < 1.29 is 18.7 Å². The van der Waals surface area contributed by atoms with Crippen LogP contribution in [0.4, 0.5) is 14.6 Å². The van der Waals surface area contributed by atoms with Crippen LogP contribution in [0.2, 0.25) is 0 Å². The van der Waals surface area contributed by atoms with Gasteiger partial charge in [-0.25, -0.2) is 19.3 Å². The minimum absolute atomic E-state index is 0.0457. The number of hydrogen-bond donors (Lipinski definition) is 3. The van der Waals surface area contributed by atoms with Crippen LogP contribution < -0.4 is 5.32 Å². The van der Waals surface area contributed by atoms with Gasteiger partial charge in [0.25, 0.3) is 0 Å². The quantitative estimate of drug-likeness (QED) is 0.342. The van der Waals surface area contributed by atoms with Gasteiger partial charge in [0, 0.05) is 28.8 Å². The molecule has 2 atom stereocenters. The summed E-state index contributed by atoms with van der Waals surface area (Å²) < 4.78 is 29.8. The van der Waals surface area contributed by atoms with Crippen molar-refractivity contribution in [3.8, 4) is 23.2 Å². The van der Waals surface area contributed by atoms with Crippen LogP contribution in [0.1, 0.15) is 36.9 Å². The van der Waals surface area contributed by atoms with Crippen molar-refractivity contribution in [1.82, 2.24) is 19.9 Å². The third-order valence-corrected chi connectivity index (χ3v) is 7.50. The van der Waals surface area contributed by atoms with Crippen LogP contribution in [0.3, 0.4) is 0 Å². The Morgan fingerprint density at radius 1 is 1.05 bits per heavy atom. The number of fused-ring (bicyclic) bond motifs is 4. The molecule has 9 heteroatoms.